The van der Waals surface area contributed by atoms with E-state index in [1.807, 2.05) is 37.3 Å². The molecule has 4 heteroatoms. The van der Waals surface area contributed by atoms with Crippen molar-refractivity contribution in [3.63, 3.8) is 0 Å². The molecule has 17 heavy (non-hydrogen) atoms. The van der Waals surface area contributed by atoms with Crippen LogP contribution in [0, 0.1) is 5.92 Å². The van der Waals surface area contributed by atoms with Crippen molar-refractivity contribution in [2.45, 2.75) is 13.0 Å². The first-order chi connectivity index (χ1) is 8.19. The van der Waals surface area contributed by atoms with Crippen molar-refractivity contribution < 1.29 is 14.6 Å². The summed E-state index contributed by atoms with van der Waals surface area (Å²) in [5, 5.41) is 11.6. The van der Waals surface area contributed by atoms with Crippen LogP contribution in [0.1, 0.15) is 18.6 Å². The summed E-state index contributed by atoms with van der Waals surface area (Å²) in [7, 11) is 1.51. The quantitative estimate of drug-likeness (QED) is 0.779. The van der Waals surface area contributed by atoms with Crippen LogP contribution in [0.4, 0.5) is 0 Å². The van der Waals surface area contributed by atoms with Crippen molar-refractivity contribution in [1.82, 2.24) is 5.32 Å². The largest absolute Gasteiger partial charge is 0.396 e. The van der Waals surface area contributed by atoms with E-state index >= 15 is 0 Å². The van der Waals surface area contributed by atoms with Crippen LogP contribution < -0.4 is 5.32 Å². The monoisotopic (exact) mass is 237 g/mol. The van der Waals surface area contributed by atoms with E-state index in [4.69, 9.17) is 9.84 Å². The standard InChI is InChI=1S/C13H19NO3/c1-10(9-15)8-14-13(16)12(17-2)11-6-4-3-5-7-11/h3-7,10,12,15H,8-9H2,1-2H3,(H,14,16)/t10?,12-/m1/s1. The van der Waals surface area contributed by atoms with Gasteiger partial charge in [-0.15, -0.1) is 0 Å². The number of carbonyl (C=O) groups excluding carboxylic acids is 1. The van der Waals surface area contributed by atoms with Gasteiger partial charge in [0.1, 0.15) is 0 Å². The van der Waals surface area contributed by atoms with Crippen LogP contribution in [0.2, 0.25) is 0 Å². The van der Waals surface area contributed by atoms with E-state index in [-0.39, 0.29) is 18.4 Å². The molecular formula is C13H19NO3. The van der Waals surface area contributed by atoms with Gasteiger partial charge in [0, 0.05) is 20.3 Å². The molecule has 0 saturated heterocycles. The van der Waals surface area contributed by atoms with Crippen molar-refractivity contribution in [1.29, 1.82) is 0 Å². The molecule has 1 amide bonds. The molecule has 1 aromatic rings. The van der Waals surface area contributed by atoms with Gasteiger partial charge in [0.15, 0.2) is 6.10 Å². The first-order valence-corrected chi connectivity index (χ1v) is 5.65. The average molecular weight is 237 g/mol. The van der Waals surface area contributed by atoms with Crippen LogP contribution in [0.25, 0.3) is 0 Å². The Morgan fingerprint density at radius 1 is 1.41 bits per heavy atom. The van der Waals surface area contributed by atoms with Crippen LogP contribution in [-0.4, -0.2) is 31.3 Å². The molecule has 0 aliphatic carbocycles. The van der Waals surface area contributed by atoms with Crippen molar-refractivity contribution in [2.24, 2.45) is 5.92 Å². The Bertz CT molecular complexity index is 340. The SMILES string of the molecule is CO[C@@H](C(=O)NCC(C)CO)c1ccccc1. The summed E-state index contributed by atoms with van der Waals surface area (Å²) < 4.78 is 5.19. The van der Waals surface area contributed by atoms with Gasteiger partial charge in [-0.25, -0.2) is 0 Å². The number of hydrogen-bond donors (Lipinski definition) is 2. The number of rotatable bonds is 6. The highest BCUT2D eigenvalue weighted by Crippen LogP contribution is 2.16. The minimum absolute atomic E-state index is 0.0484. The van der Waals surface area contributed by atoms with E-state index in [1.54, 1.807) is 0 Å². The van der Waals surface area contributed by atoms with Gasteiger partial charge in [-0.1, -0.05) is 37.3 Å². The van der Waals surface area contributed by atoms with Gasteiger partial charge < -0.3 is 15.2 Å². The fourth-order valence-corrected chi connectivity index (χ4v) is 1.45. The maximum atomic E-state index is 11.9. The molecule has 0 fully saturated rings. The molecule has 94 valence electrons. The van der Waals surface area contributed by atoms with Gasteiger partial charge in [0.2, 0.25) is 0 Å². The van der Waals surface area contributed by atoms with Gasteiger partial charge in [-0.2, -0.15) is 0 Å². The summed E-state index contributed by atoms with van der Waals surface area (Å²) in [5.74, 6) is -0.133. The lowest BCUT2D eigenvalue weighted by Crippen LogP contribution is -2.34. The van der Waals surface area contributed by atoms with E-state index in [1.165, 1.54) is 7.11 Å². The fraction of sp³-hybridized carbons (Fsp3) is 0.462. The Balaban J connectivity index is 2.59. The van der Waals surface area contributed by atoms with Crippen molar-refractivity contribution in [3.8, 4) is 0 Å². The molecule has 1 unspecified atom stereocenters. The number of nitrogens with one attached hydrogen (secondary N) is 1. The third kappa shape index (κ3) is 4.17. The van der Waals surface area contributed by atoms with E-state index in [9.17, 15) is 4.79 Å². The molecule has 0 spiro atoms. The molecule has 0 aliphatic heterocycles. The van der Waals surface area contributed by atoms with Crippen LogP contribution >= 0.6 is 0 Å². The molecule has 0 radical (unpaired) electrons. The van der Waals surface area contributed by atoms with E-state index in [2.05, 4.69) is 5.32 Å². The molecule has 2 atom stereocenters. The molecule has 0 bridgehead atoms. The number of methoxy groups -OCH3 is 1. The Morgan fingerprint density at radius 3 is 2.59 bits per heavy atom. The zero-order valence-electron chi connectivity index (χ0n) is 10.2. The zero-order chi connectivity index (χ0) is 12.7. The summed E-state index contributed by atoms with van der Waals surface area (Å²) in [6.45, 7) is 2.37. The van der Waals surface area contributed by atoms with Crippen LogP contribution in [0.5, 0.6) is 0 Å². The first-order valence-electron chi connectivity index (χ1n) is 5.65. The van der Waals surface area contributed by atoms with E-state index in [0.29, 0.717) is 6.54 Å². The summed E-state index contributed by atoms with van der Waals surface area (Å²) in [5.41, 5.74) is 0.823. The summed E-state index contributed by atoms with van der Waals surface area (Å²) >= 11 is 0. The third-order valence-electron chi connectivity index (χ3n) is 2.51. The minimum atomic E-state index is -0.595. The highest BCUT2D eigenvalue weighted by Gasteiger charge is 2.19. The van der Waals surface area contributed by atoms with Gasteiger partial charge in [0.25, 0.3) is 5.91 Å². The van der Waals surface area contributed by atoms with E-state index < -0.39 is 6.10 Å². The third-order valence-corrected chi connectivity index (χ3v) is 2.51. The Kier molecular flexibility index (Phi) is 5.66. The van der Waals surface area contributed by atoms with Crippen molar-refractivity contribution >= 4 is 5.91 Å². The number of aliphatic hydroxyl groups is 1. The summed E-state index contributed by atoms with van der Waals surface area (Å²) in [6, 6.07) is 9.32. The lowest BCUT2D eigenvalue weighted by molar-refractivity contribution is -0.131. The Hall–Kier alpha value is -1.39. The lowest BCUT2D eigenvalue weighted by atomic mass is 10.1. The Labute approximate surface area is 102 Å². The molecule has 1 aromatic carbocycles. The molecule has 0 saturated carbocycles. The number of carbonyl (C=O) groups is 1. The van der Waals surface area contributed by atoms with Gasteiger partial charge in [-0.3, -0.25) is 4.79 Å². The second-order valence-electron chi connectivity index (χ2n) is 4.06. The average Bonchev–Trinajstić information content (AvgIpc) is 2.38. The van der Waals surface area contributed by atoms with Crippen LogP contribution in [0.15, 0.2) is 30.3 Å². The van der Waals surface area contributed by atoms with Crippen LogP contribution in [-0.2, 0) is 9.53 Å². The maximum Gasteiger partial charge on any atom is 0.253 e. The van der Waals surface area contributed by atoms with Crippen molar-refractivity contribution in [2.75, 3.05) is 20.3 Å². The van der Waals surface area contributed by atoms with E-state index in [0.717, 1.165) is 5.56 Å². The van der Waals surface area contributed by atoms with Gasteiger partial charge >= 0.3 is 0 Å². The molecule has 0 aromatic heterocycles. The van der Waals surface area contributed by atoms with Crippen LogP contribution in [0.3, 0.4) is 0 Å². The molecule has 4 nitrogen and oxygen atoms in total. The molecule has 1 rings (SSSR count). The molecule has 2 N–H and O–H groups in total. The smallest absolute Gasteiger partial charge is 0.253 e. The normalized spacial score (nSPS) is 14.1. The summed E-state index contributed by atoms with van der Waals surface area (Å²) in [4.78, 5) is 11.9. The number of hydrogen-bond acceptors (Lipinski definition) is 3. The second kappa shape index (κ2) is 7.04. The lowest BCUT2D eigenvalue weighted by Gasteiger charge is -2.17. The second-order valence-corrected chi connectivity index (χ2v) is 4.06. The minimum Gasteiger partial charge on any atom is -0.396 e. The highest BCUT2D eigenvalue weighted by molar-refractivity contribution is 5.82. The maximum absolute atomic E-state index is 11.9. The van der Waals surface area contributed by atoms with Gasteiger partial charge in [-0.05, 0) is 11.5 Å². The molecular weight excluding hydrogens is 218 g/mol. The number of ether oxygens (including phenoxy) is 1. The summed E-state index contributed by atoms with van der Waals surface area (Å²) in [6.07, 6.45) is -0.595. The highest BCUT2D eigenvalue weighted by atomic mass is 16.5. The predicted molar refractivity (Wildman–Crippen MR) is 65.5 cm³/mol. The molecule has 0 aliphatic rings. The number of aliphatic hydroxyl groups excluding tert-OH is 1. The fourth-order valence-electron chi connectivity index (χ4n) is 1.45. The zero-order valence-corrected chi connectivity index (χ0v) is 10.2. The van der Waals surface area contributed by atoms with Gasteiger partial charge in [0.05, 0.1) is 0 Å². The number of amides is 1. The van der Waals surface area contributed by atoms with Crippen molar-refractivity contribution in [3.05, 3.63) is 35.9 Å². The first kappa shape index (κ1) is 13.7. The Morgan fingerprint density at radius 2 is 2.06 bits per heavy atom. The topological polar surface area (TPSA) is 58.6 Å². The number of benzene rings is 1. The molecule has 0 heterocycles. The predicted octanol–water partition coefficient (Wildman–Crippen LogP) is 1.12.